The van der Waals surface area contributed by atoms with Crippen molar-refractivity contribution in [3.63, 3.8) is 0 Å². The highest BCUT2D eigenvalue weighted by Crippen LogP contribution is 2.23. The van der Waals surface area contributed by atoms with Gasteiger partial charge in [-0.3, -0.25) is 9.69 Å². The average molecular weight is 399 g/mol. The zero-order valence-electron chi connectivity index (χ0n) is 17.1. The van der Waals surface area contributed by atoms with Crippen LogP contribution in [0.2, 0.25) is 0 Å². The minimum absolute atomic E-state index is 0.0585. The van der Waals surface area contributed by atoms with Crippen LogP contribution in [-0.4, -0.2) is 46.5 Å². The summed E-state index contributed by atoms with van der Waals surface area (Å²) in [5, 5.41) is 10.0. The quantitative estimate of drug-likeness (QED) is 0.592. The molecule has 5 nitrogen and oxygen atoms in total. The normalized spacial score (nSPS) is 15.0. The van der Waals surface area contributed by atoms with Gasteiger partial charge in [0.2, 0.25) is 5.91 Å². The number of piperazine rings is 1. The third kappa shape index (κ3) is 4.61. The van der Waals surface area contributed by atoms with Crippen molar-refractivity contribution in [3.05, 3.63) is 78.0 Å². The molecule has 0 N–H and O–H groups in total. The minimum Gasteiger partial charge on any atom is -0.346 e. The monoisotopic (exact) mass is 398 g/mol. The minimum atomic E-state index is 0.0585. The lowest BCUT2D eigenvalue weighted by atomic mass is 10.1. The molecule has 1 fully saturated rings. The number of rotatable bonds is 6. The summed E-state index contributed by atoms with van der Waals surface area (Å²) in [5.41, 5.74) is 3.42. The number of nitrogens with zero attached hydrogens (tertiary/aromatic N) is 4. The Bertz CT molecular complexity index is 1070. The molecule has 30 heavy (non-hydrogen) atoms. The molecule has 1 aliphatic rings. The van der Waals surface area contributed by atoms with E-state index in [9.17, 15) is 4.79 Å². The maximum atomic E-state index is 12.7. The van der Waals surface area contributed by atoms with Gasteiger partial charge in [0.05, 0.1) is 12.5 Å². The number of hydrogen-bond acceptors (Lipinski definition) is 3. The molecule has 0 atom stereocenters. The van der Waals surface area contributed by atoms with Crippen LogP contribution < -0.4 is 0 Å². The summed E-state index contributed by atoms with van der Waals surface area (Å²) in [6, 6.07) is 20.8. The summed E-state index contributed by atoms with van der Waals surface area (Å²) >= 11 is 0. The summed E-state index contributed by atoms with van der Waals surface area (Å²) in [6.45, 7) is 4.87. The molecule has 2 aromatic carbocycles. The Morgan fingerprint density at radius 3 is 2.50 bits per heavy atom. The molecule has 0 spiro atoms. The van der Waals surface area contributed by atoms with E-state index in [2.05, 4.69) is 51.9 Å². The molecule has 1 aromatic heterocycles. The summed E-state index contributed by atoms with van der Waals surface area (Å²) in [7, 11) is 0. The molecule has 4 rings (SSSR count). The second-order valence-electron chi connectivity index (χ2n) is 7.62. The molecule has 0 unspecified atom stereocenters. The van der Waals surface area contributed by atoms with Gasteiger partial charge in [0, 0.05) is 68.0 Å². The third-order valence-corrected chi connectivity index (χ3v) is 5.62. The first-order valence-corrected chi connectivity index (χ1v) is 10.4. The van der Waals surface area contributed by atoms with E-state index in [1.165, 1.54) is 5.56 Å². The van der Waals surface area contributed by atoms with Crippen molar-refractivity contribution in [3.8, 4) is 6.07 Å². The molecule has 152 valence electrons. The number of aromatic nitrogens is 1. The van der Waals surface area contributed by atoms with E-state index in [0.717, 1.165) is 49.2 Å². The predicted molar refractivity (Wildman–Crippen MR) is 120 cm³/mol. The average Bonchev–Trinajstić information content (AvgIpc) is 3.15. The number of amides is 1. The highest BCUT2D eigenvalue weighted by atomic mass is 16.2. The number of nitriles is 1. The van der Waals surface area contributed by atoms with Gasteiger partial charge in [0.25, 0.3) is 0 Å². The number of carbonyl (C=O) groups excluding carboxylic acids is 1. The van der Waals surface area contributed by atoms with Crippen molar-refractivity contribution in [1.82, 2.24) is 14.4 Å². The van der Waals surface area contributed by atoms with Gasteiger partial charge in [0.1, 0.15) is 0 Å². The molecule has 2 heterocycles. The zero-order valence-corrected chi connectivity index (χ0v) is 17.1. The first-order chi connectivity index (χ1) is 14.7. The number of aryl methyl sites for hydroxylation is 1. The van der Waals surface area contributed by atoms with Crippen LogP contribution in [0, 0.1) is 11.3 Å². The number of para-hydroxylation sites is 1. The topological polar surface area (TPSA) is 52.3 Å². The van der Waals surface area contributed by atoms with Gasteiger partial charge >= 0.3 is 0 Å². The van der Waals surface area contributed by atoms with Crippen LogP contribution in [0.4, 0.5) is 0 Å². The Morgan fingerprint density at radius 2 is 1.73 bits per heavy atom. The third-order valence-electron chi connectivity index (χ3n) is 5.62. The standard InChI is InChI=1S/C25H26N4O/c26-13-6-14-29-20-22(23-9-4-5-10-24(23)29)11-12-25(30)28-17-15-27(16-18-28)19-21-7-2-1-3-8-21/h1-5,7-12,20H,6,14-19H2/b12-11+. The highest BCUT2D eigenvalue weighted by molar-refractivity contribution is 5.96. The van der Waals surface area contributed by atoms with Crippen molar-refractivity contribution >= 4 is 22.9 Å². The van der Waals surface area contributed by atoms with Crippen LogP contribution in [0.15, 0.2) is 66.9 Å². The maximum Gasteiger partial charge on any atom is 0.246 e. The molecule has 1 aliphatic heterocycles. The van der Waals surface area contributed by atoms with Crippen LogP contribution in [-0.2, 0) is 17.9 Å². The van der Waals surface area contributed by atoms with E-state index in [-0.39, 0.29) is 5.91 Å². The first kappa shape index (κ1) is 19.9. The van der Waals surface area contributed by atoms with Crippen LogP contribution in [0.25, 0.3) is 17.0 Å². The Morgan fingerprint density at radius 1 is 1.00 bits per heavy atom. The van der Waals surface area contributed by atoms with Crippen molar-refractivity contribution in [2.45, 2.75) is 19.5 Å². The molecule has 1 saturated heterocycles. The van der Waals surface area contributed by atoms with Crippen LogP contribution in [0.1, 0.15) is 17.5 Å². The van der Waals surface area contributed by atoms with Gasteiger partial charge < -0.3 is 9.47 Å². The Kier molecular flexibility index (Phi) is 6.26. The largest absolute Gasteiger partial charge is 0.346 e. The van der Waals surface area contributed by atoms with Gasteiger partial charge in [-0.15, -0.1) is 0 Å². The second-order valence-corrected chi connectivity index (χ2v) is 7.62. The van der Waals surface area contributed by atoms with Crippen LogP contribution in [0.5, 0.6) is 0 Å². The van der Waals surface area contributed by atoms with E-state index in [0.29, 0.717) is 13.0 Å². The van der Waals surface area contributed by atoms with Gasteiger partial charge in [0.15, 0.2) is 0 Å². The number of fused-ring (bicyclic) bond motifs is 1. The number of carbonyl (C=O) groups is 1. The van der Waals surface area contributed by atoms with E-state index < -0.39 is 0 Å². The summed E-state index contributed by atoms with van der Waals surface area (Å²) in [4.78, 5) is 17.0. The summed E-state index contributed by atoms with van der Waals surface area (Å²) in [6.07, 6.45) is 6.09. The maximum absolute atomic E-state index is 12.7. The highest BCUT2D eigenvalue weighted by Gasteiger charge is 2.19. The summed E-state index contributed by atoms with van der Waals surface area (Å²) in [5.74, 6) is 0.0585. The van der Waals surface area contributed by atoms with Crippen molar-refractivity contribution < 1.29 is 4.79 Å². The lowest BCUT2D eigenvalue weighted by molar-refractivity contribution is -0.127. The lowest BCUT2D eigenvalue weighted by Crippen LogP contribution is -2.47. The molecule has 0 saturated carbocycles. The van der Waals surface area contributed by atoms with Gasteiger partial charge in [-0.1, -0.05) is 48.5 Å². The molecule has 0 aliphatic carbocycles. The first-order valence-electron chi connectivity index (χ1n) is 10.4. The van der Waals surface area contributed by atoms with E-state index in [1.807, 2.05) is 35.4 Å². The molecular weight excluding hydrogens is 372 g/mol. The summed E-state index contributed by atoms with van der Waals surface area (Å²) < 4.78 is 2.09. The predicted octanol–water partition coefficient (Wildman–Crippen LogP) is 3.91. The molecule has 5 heteroatoms. The fourth-order valence-corrected chi connectivity index (χ4v) is 4.00. The van der Waals surface area contributed by atoms with Crippen molar-refractivity contribution in [2.24, 2.45) is 0 Å². The van der Waals surface area contributed by atoms with Gasteiger partial charge in [-0.05, 0) is 17.7 Å². The fourth-order valence-electron chi connectivity index (χ4n) is 4.00. The smallest absolute Gasteiger partial charge is 0.246 e. The molecule has 0 radical (unpaired) electrons. The Balaban J connectivity index is 1.38. The molecule has 1 amide bonds. The van der Waals surface area contributed by atoms with E-state index >= 15 is 0 Å². The Labute approximate surface area is 177 Å². The second kappa shape index (κ2) is 9.43. The SMILES string of the molecule is N#CCCn1cc(/C=C/C(=O)N2CCN(Cc3ccccc3)CC2)c2ccccc21. The Hall–Kier alpha value is -3.36. The molecular formula is C25H26N4O. The van der Waals surface area contributed by atoms with Gasteiger partial charge in [-0.25, -0.2) is 0 Å². The zero-order chi connectivity index (χ0) is 20.8. The fraction of sp³-hybridized carbons (Fsp3) is 0.280. The molecule has 3 aromatic rings. The van der Waals surface area contributed by atoms with Crippen LogP contribution >= 0.6 is 0 Å². The van der Waals surface area contributed by atoms with Crippen molar-refractivity contribution in [1.29, 1.82) is 5.26 Å². The van der Waals surface area contributed by atoms with Crippen LogP contribution in [0.3, 0.4) is 0 Å². The van der Waals surface area contributed by atoms with E-state index in [4.69, 9.17) is 5.26 Å². The number of benzene rings is 2. The molecule has 0 bridgehead atoms. The number of hydrogen-bond donors (Lipinski definition) is 0. The van der Waals surface area contributed by atoms with E-state index in [1.54, 1.807) is 6.08 Å². The lowest BCUT2D eigenvalue weighted by Gasteiger charge is -2.34. The van der Waals surface area contributed by atoms with Crippen molar-refractivity contribution in [2.75, 3.05) is 26.2 Å². The van der Waals surface area contributed by atoms with Gasteiger partial charge in [-0.2, -0.15) is 5.26 Å².